The van der Waals surface area contributed by atoms with Crippen LogP contribution in [0, 0.1) is 6.92 Å². The first-order valence-corrected chi connectivity index (χ1v) is 9.98. The Morgan fingerprint density at radius 1 is 0.867 bits per heavy atom. The molecule has 1 atom stereocenters. The van der Waals surface area contributed by atoms with E-state index in [-0.39, 0.29) is 5.78 Å². The van der Waals surface area contributed by atoms with Crippen molar-refractivity contribution in [2.24, 2.45) is 0 Å². The SMILES string of the molecule is COc1cccc(C(=O)C(Cc2ccc(C)cc2)(c2ccccc2)N(C)C)c1OC. The van der Waals surface area contributed by atoms with Gasteiger partial charge in [0.15, 0.2) is 17.3 Å². The van der Waals surface area contributed by atoms with Gasteiger partial charge in [-0.2, -0.15) is 0 Å². The molecular weight excluding hydrogens is 374 g/mol. The summed E-state index contributed by atoms with van der Waals surface area (Å²) in [5.41, 5.74) is 2.81. The van der Waals surface area contributed by atoms with E-state index in [9.17, 15) is 4.79 Å². The highest BCUT2D eigenvalue weighted by molar-refractivity contribution is 6.06. The Morgan fingerprint density at radius 3 is 2.10 bits per heavy atom. The first-order chi connectivity index (χ1) is 14.4. The van der Waals surface area contributed by atoms with Gasteiger partial charge in [0.1, 0.15) is 5.54 Å². The summed E-state index contributed by atoms with van der Waals surface area (Å²) in [5.74, 6) is 0.963. The molecule has 1 unspecified atom stereocenters. The van der Waals surface area contributed by atoms with Crippen LogP contribution in [0.5, 0.6) is 11.5 Å². The third-order valence-electron chi connectivity index (χ3n) is 5.62. The second-order valence-corrected chi connectivity index (χ2v) is 7.65. The van der Waals surface area contributed by atoms with Gasteiger partial charge in [-0.15, -0.1) is 0 Å². The summed E-state index contributed by atoms with van der Waals surface area (Å²) in [7, 11) is 7.04. The number of rotatable bonds is 8. The molecule has 0 aromatic heterocycles. The van der Waals surface area contributed by atoms with Gasteiger partial charge in [0.2, 0.25) is 0 Å². The van der Waals surface area contributed by atoms with Crippen LogP contribution >= 0.6 is 0 Å². The minimum atomic E-state index is -0.907. The van der Waals surface area contributed by atoms with E-state index in [2.05, 4.69) is 31.2 Å². The monoisotopic (exact) mass is 403 g/mol. The maximum atomic E-state index is 14.3. The lowest BCUT2D eigenvalue weighted by Crippen LogP contribution is -2.50. The Kier molecular flexibility index (Phi) is 6.58. The average molecular weight is 404 g/mol. The van der Waals surface area contributed by atoms with Crippen LogP contribution in [0.15, 0.2) is 72.8 Å². The number of ketones is 1. The Morgan fingerprint density at radius 2 is 1.53 bits per heavy atom. The second kappa shape index (κ2) is 9.14. The largest absolute Gasteiger partial charge is 0.493 e. The molecule has 0 fully saturated rings. The van der Waals surface area contributed by atoms with Gasteiger partial charge in [-0.25, -0.2) is 0 Å². The maximum Gasteiger partial charge on any atom is 0.191 e. The molecule has 3 aromatic rings. The van der Waals surface area contributed by atoms with Crippen LogP contribution in [0.4, 0.5) is 0 Å². The van der Waals surface area contributed by atoms with Gasteiger partial charge in [-0.05, 0) is 44.3 Å². The zero-order chi connectivity index (χ0) is 21.7. The number of hydrogen-bond donors (Lipinski definition) is 0. The Bertz CT molecular complexity index is 997. The Labute approximate surface area is 179 Å². The molecule has 0 radical (unpaired) electrons. The van der Waals surface area contributed by atoms with Crippen LogP contribution in [-0.2, 0) is 12.0 Å². The molecular formula is C26H29NO3. The van der Waals surface area contributed by atoms with E-state index in [0.29, 0.717) is 23.5 Å². The van der Waals surface area contributed by atoms with Gasteiger partial charge in [0, 0.05) is 6.42 Å². The van der Waals surface area contributed by atoms with E-state index < -0.39 is 5.54 Å². The van der Waals surface area contributed by atoms with E-state index in [4.69, 9.17) is 9.47 Å². The summed E-state index contributed by atoms with van der Waals surface area (Å²) in [6.45, 7) is 2.06. The molecule has 0 spiro atoms. The molecule has 0 saturated heterocycles. The summed E-state index contributed by atoms with van der Waals surface area (Å²) in [6, 6.07) is 23.7. The first-order valence-electron chi connectivity index (χ1n) is 9.98. The third-order valence-corrected chi connectivity index (χ3v) is 5.62. The number of benzene rings is 3. The van der Waals surface area contributed by atoms with Crippen LogP contribution in [-0.4, -0.2) is 39.0 Å². The van der Waals surface area contributed by atoms with Crippen molar-refractivity contribution in [3.8, 4) is 11.5 Å². The van der Waals surface area contributed by atoms with Crippen molar-refractivity contribution in [1.29, 1.82) is 0 Å². The molecule has 3 aromatic carbocycles. The number of hydrogen-bond acceptors (Lipinski definition) is 4. The fourth-order valence-corrected chi connectivity index (χ4v) is 3.94. The molecule has 4 nitrogen and oxygen atoms in total. The Hall–Kier alpha value is -3.11. The molecule has 156 valence electrons. The van der Waals surface area contributed by atoms with Crippen LogP contribution in [0.25, 0.3) is 0 Å². The molecule has 0 amide bonds. The normalized spacial score (nSPS) is 13.0. The number of carbonyl (C=O) groups excluding carboxylic acids is 1. The molecule has 0 heterocycles. The summed E-state index contributed by atoms with van der Waals surface area (Å²) < 4.78 is 11.0. The van der Waals surface area contributed by atoms with Crippen molar-refractivity contribution in [2.45, 2.75) is 18.9 Å². The molecule has 30 heavy (non-hydrogen) atoms. The predicted molar refractivity (Wildman–Crippen MR) is 121 cm³/mol. The fraction of sp³-hybridized carbons (Fsp3) is 0.269. The van der Waals surface area contributed by atoms with Crippen LogP contribution in [0.2, 0.25) is 0 Å². The second-order valence-electron chi connectivity index (χ2n) is 7.65. The average Bonchev–Trinajstić information content (AvgIpc) is 2.78. The van der Waals surface area contributed by atoms with Crippen LogP contribution in [0.1, 0.15) is 27.0 Å². The fourth-order valence-electron chi connectivity index (χ4n) is 3.94. The van der Waals surface area contributed by atoms with Crippen molar-refractivity contribution in [3.63, 3.8) is 0 Å². The standard InChI is InChI=1S/C26H29NO3/c1-19-14-16-20(17-15-19)18-26(27(2)3,21-10-7-6-8-11-21)25(28)22-12-9-13-23(29-4)24(22)30-5/h6-17H,18H2,1-5H3. The highest BCUT2D eigenvalue weighted by atomic mass is 16.5. The van der Waals surface area contributed by atoms with E-state index in [0.717, 1.165) is 11.1 Å². The van der Waals surface area contributed by atoms with Crippen molar-refractivity contribution in [2.75, 3.05) is 28.3 Å². The number of nitrogens with zero attached hydrogens (tertiary/aromatic N) is 1. The van der Waals surface area contributed by atoms with Crippen molar-refractivity contribution in [1.82, 2.24) is 4.90 Å². The number of carbonyl (C=O) groups is 1. The molecule has 0 aliphatic carbocycles. The zero-order valence-corrected chi connectivity index (χ0v) is 18.3. The molecule has 3 rings (SSSR count). The van der Waals surface area contributed by atoms with Gasteiger partial charge < -0.3 is 9.47 Å². The van der Waals surface area contributed by atoms with Crippen LogP contribution in [0.3, 0.4) is 0 Å². The third kappa shape index (κ3) is 3.96. The summed E-state index contributed by atoms with van der Waals surface area (Å²) >= 11 is 0. The smallest absolute Gasteiger partial charge is 0.191 e. The number of aryl methyl sites for hydroxylation is 1. The molecule has 4 heteroatoms. The van der Waals surface area contributed by atoms with Gasteiger partial charge in [0.25, 0.3) is 0 Å². The minimum absolute atomic E-state index is 0.0324. The summed E-state index contributed by atoms with van der Waals surface area (Å²) in [6.07, 6.45) is 0.531. The van der Waals surface area contributed by atoms with E-state index >= 15 is 0 Å². The van der Waals surface area contributed by atoms with E-state index in [1.54, 1.807) is 26.4 Å². The van der Waals surface area contributed by atoms with Gasteiger partial charge in [-0.3, -0.25) is 9.69 Å². The van der Waals surface area contributed by atoms with Gasteiger partial charge in [0.05, 0.1) is 19.8 Å². The predicted octanol–water partition coefficient (Wildman–Crippen LogP) is 4.89. The van der Waals surface area contributed by atoms with Gasteiger partial charge in [-0.1, -0.05) is 66.2 Å². The van der Waals surface area contributed by atoms with Crippen molar-refractivity contribution in [3.05, 3.63) is 95.1 Å². The maximum absolute atomic E-state index is 14.3. The molecule has 0 N–H and O–H groups in total. The quantitative estimate of drug-likeness (QED) is 0.502. The lowest BCUT2D eigenvalue weighted by atomic mass is 9.76. The first kappa shape index (κ1) is 21.6. The lowest BCUT2D eigenvalue weighted by molar-refractivity contribution is 0.0667. The zero-order valence-electron chi connectivity index (χ0n) is 18.3. The highest BCUT2D eigenvalue weighted by Gasteiger charge is 2.44. The topological polar surface area (TPSA) is 38.8 Å². The molecule has 0 aliphatic heterocycles. The van der Waals surface area contributed by atoms with E-state index in [1.807, 2.05) is 55.4 Å². The number of para-hydroxylation sites is 1. The number of likely N-dealkylation sites (N-methyl/N-ethyl adjacent to an activating group) is 1. The van der Waals surface area contributed by atoms with Gasteiger partial charge >= 0.3 is 0 Å². The van der Waals surface area contributed by atoms with Crippen molar-refractivity contribution >= 4 is 5.78 Å². The number of Topliss-reactive ketones (excluding diaryl/α,β-unsaturated/α-hetero) is 1. The molecule has 0 saturated carbocycles. The number of methoxy groups -OCH3 is 2. The number of ether oxygens (including phenoxy) is 2. The molecule has 0 aliphatic rings. The summed E-state index contributed by atoms with van der Waals surface area (Å²) in [5, 5.41) is 0. The Balaban J connectivity index is 2.23. The lowest BCUT2D eigenvalue weighted by Gasteiger charge is -2.39. The summed E-state index contributed by atoms with van der Waals surface area (Å²) in [4.78, 5) is 16.3. The minimum Gasteiger partial charge on any atom is -0.493 e. The van der Waals surface area contributed by atoms with Crippen molar-refractivity contribution < 1.29 is 14.3 Å². The molecule has 0 bridgehead atoms. The highest BCUT2D eigenvalue weighted by Crippen LogP contribution is 2.39. The van der Waals surface area contributed by atoms with Crippen LogP contribution < -0.4 is 9.47 Å². The van der Waals surface area contributed by atoms with E-state index in [1.165, 1.54) is 5.56 Å².